The summed E-state index contributed by atoms with van der Waals surface area (Å²) >= 11 is 6.21. The van der Waals surface area contributed by atoms with Gasteiger partial charge in [-0.2, -0.15) is 0 Å². The molecule has 4 aliphatic rings. The monoisotopic (exact) mass is 340 g/mol. The van der Waals surface area contributed by atoms with E-state index in [2.05, 4.69) is 46.2 Å². The molecule has 0 N–H and O–H groups in total. The fourth-order valence-electron chi connectivity index (χ4n) is 4.55. The van der Waals surface area contributed by atoms with Crippen molar-refractivity contribution < 1.29 is 4.74 Å². The summed E-state index contributed by atoms with van der Waals surface area (Å²) in [6.45, 7) is 3.64. The van der Waals surface area contributed by atoms with Gasteiger partial charge in [0.25, 0.3) is 0 Å². The van der Waals surface area contributed by atoms with Crippen LogP contribution in [0.4, 0.5) is 5.69 Å². The van der Waals surface area contributed by atoms with Crippen molar-refractivity contribution in [1.29, 1.82) is 0 Å². The number of piperidine rings is 3. The summed E-state index contributed by atoms with van der Waals surface area (Å²) < 4.78 is 6.37. The van der Waals surface area contributed by atoms with Gasteiger partial charge in [0, 0.05) is 29.2 Å². The predicted octanol–water partition coefficient (Wildman–Crippen LogP) is 4.33. The highest BCUT2D eigenvalue weighted by atomic mass is 35.5. The summed E-state index contributed by atoms with van der Waals surface area (Å²) in [7, 11) is 0. The normalized spacial score (nSPS) is 31.0. The first-order valence-corrected chi connectivity index (χ1v) is 9.19. The van der Waals surface area contributed by atoms with Gasteiger partial charge in [0.05, 0.1) is 5.69 Å². The van der Waals surface area contributed by atoms with Crippen molar-refractivity contribution in [2.45, 2.75) is 25.1 Å². The Hall–Kier alpha value is -1.71. The number of fused-ring (bicyclic) bond motifs is 4. The molecule has 0 amide bonds. The van der Waals surface area contributed by atoms with E-state index in [0.717, 1.165) is 23.2 Å². The zero-order valence-electron chi connectivity index (χ0n) is 13.6. The lowest BCUT2D eigenvalue weighted by Crippen LogP contribution is -2.57. The molecule has 124 valence electrons. The molecule has 3 saturated heterocycles. The number of hydrogen-bond donors (Lipinski definition) is 0. The van der Waals surface area contributed by atoms with Crippen LogP contribution >= 0.6 is 11.6 Å². The lowest BCUT2D eigenvalue weighted by molar-refractivity contribution is 0.0700. The second-order valence-electron chi connectivity index (χ2n) is 7.11. The Kier molecular flexibility index (Phi) is 3.46. The molecule has 0 aromatic heterocycles. The molecule has 0 aliphatic carbocycles. The van der Waals surface area contributed by atoms with Gasteiger partial charge in [-0.05, 0) is 44.0 Å². The van der Waals surface area contributed by atoms with Crippen LogP contribution in [0.2, 0.25) is 5.02 Å². The van der Waals surface area contributed by atoms with Crippen molar-refractivity contribution in [1.82, 2.24) is 4.90 Å². The average Bonchev–Trinajstić information content (AvgIpc) is 3.01. The summed E-state index contributed by atoms with van der Waals surface area (Å²) in [6, 6.07) is 17.1. The van der Waals surface area contributed by atoms with E-state index < -0.39 is 0 Å². The van der Waals surface area contributed by atoms with Crippen LogP contribution in [-0.4, -0.2) is 30.6 Å². The standard InChI is InChI=1S/C20H21ClN2O/c21-16-6-7-17-19(12-16)24-20(15-4-2-1-3-5-15)23(17)18-13-22-10-8-14(18)9-11-22/h1-7,12,14,18,20H,8-11,13H2. The third-order valence-electron chi connectivity index (χ3n) is 5.75. The molecule has 0 radical (unpaired) electrons. The molecule has 4 heterocycles. The summed E-state index contributed by atoms with van der Waals surface area (Å²) in [5, 5.41) is 0.733. The van der Waals surface area contributed by atoms with Crippen molar-refractivity contribution in [2.24, 2.45) is 5.92 Å². The summed E-state index contributed by atoms with van der Waals surface area (Å²) in [6.07, 6.45) is 2.54. The maximum absolute atomic E-state index is 6.37. The van der Waals surface area contributed by atoms with Gasteiger partial charge in [-0.1, -0.05) is 41.9 Å². The molecule has 2 unspecified atom stereocenters. The molecule has 0 spiro atoms. The minimum atomic E-state index is -0.0507. The highest BCUT2D eigenvalue weighted by Gasteiger charge is 2.44. The topological polar surface area (TPSA) is 15.7 Å². The number of anilines is 1. The van der Waals surface area contributed by atoms with Crippen molar-refractivity contribution >= 4 is 17.3 Å². The van der Waals surface area contributed by atoms with Crippen LogP contribution in [0.25, 0.3) is 0 Å². The molecule has 4 aliphatic heterocycles. The minimum absolute atomic E-state index is 0.0507. The molecular weight excluding hydrogens is 320 g/mol. The lowest BCUT2D eigenvalue weighted by Gasteiger charge is -2.49. The number of benzene rings is 2. The van der Waals surface area contributed by atoms with Gasteiger partial charge in [-0.25, -0.2) is 0 Å². The quantitative estimate of drug-likeness (QED) is 0.809. The predicted molar refractivity (Wildman–Crippen MR) is 96.7 cm³/mol. The molecular formula is C20H21ClN2O. The second-order valence-corrected chi connectivity index (χ2v) is 7.54. The third kappa shape index (κ3) is 2.30. The van der Waals surface area contributed by atoms with E-state index in [1.54, 1.807) is 0 Å². The van der Waals surface area contributed by atoms with Crippen molar-refractivity contribution in [3.8, 4) is 5.75 Å². The Morgan fingerprint density at radius 2 is 1.79 bits per heavy atom. The van der Waals surface area contributed by atoms with Crippen LogP contribution in [0.5, 0.6) is 5.75 Å². The molecule has 4 heteroatoms. The van der Waals surface area contributed by atoms with Gasteiger partial charge in [0.2, 0.25) is 0 Å². The van der Waals surface area contributed by atoms with Gasteiger partial charge in [-0.3, -0.25) is 0 Å². The van der Waals surface area contributed by atoms with Gasteiger partial charge >= 0.3 is 0 Å². The fraction of sp³-hybridized carbons (Fsp3) is 0.400. The van der Waals surface area contributed by atoms with Crippen LogP contribution in [0.3, 0.4) is 0 Å². The molecule has 3 nitrogen and oxygen atoms in total. The molecule has 2 aromatic rings. The largest absolute Gasteiger partial charge is 0.464 e. The van der Waals surface area contributed by atoms with Crippen molar-refractivity contribution in [3.63, 3.8) is 0 Å². The van der Waals surface area contributed by atoms with Crippen LogP contribution < -0.4 is 9.64 Å². The highest BCUT2D eigenvalue weighted by Crippen LogP contribution is 2.48. The number of halogens is 1. The molecule has 24 heavy (non-hydrogen) atoms. The number of nitrogens with zero attached hydrogens (tertiary/aromatic N) is 2. The van der Waals surface area contributed by atoms with E-state index in [0.29, 0.717) is 6.04 Å². The molecule has 0 saturated carbocycles. The summed E-state index contributed by atoms with van der Waals surface area (Å²) in [4.78, 5) is 5.11. The number of rotatable bonds is 2. The maximum Gasteiger partial charge on any atom is 0.199 e. The summed E-state index contributed by atoms with van der Waals surface area (Å²) in [5.74, 6) is 1.67. The van der Waals surface area contributed by atoms with E-state index in [1.807, 2.05) is 12.1 Å². The molecule has 6 rings (SSSR count). The van der Waals surface area contributed by atoms with Gasteiger partial charge < -0.3 is 14.5 Å². The summed E-state index contributed by atoms with van der Waals surface area (Å²) in [5.41, 5.74) is 2.40. The Balaban J connectivity index is 1.58. The van der Waals surface area contributed by atoms with Crippen molar-refractivity contribution in [2.75, 3.05) is 24.5 Å². The lowest BCUT2D eigenvalue weighted by atomic mass is 9.82. The fourth-order valence-corrected chi connectivity index (χ4v) is 4.71. The Morgan fingerprint density at radius 1 is 1.00 bits per heavy atom. The van der Waals surface area contributed by atoms with E-state index in [-0.39, 0.29) is 6.23 Å². The first-order valence-electron chi connectivity index (χ1n) is 8.81. The number of ether oxygens (including phenoxy) is 1. The van der Waals surface area contributed by atoms with E-state index in [4.69, 9.17) is 16.3 Å². The highest BCUT2D eigenvalue weighted by molar-refractivity contribution is 6.30. The average molecular weight is 341 g/mol. The zero-order chi connectivity index (χ0) is 16.1. The van der Waals surface area contributed by atoms with Gasteiger partial charge in [0.15, 0.2) is 6.23 Å². The van der Waals surface area contributed by atoms with Crippen LogP contribution in [0.15, 0.2) is 48.5 Å². The van der Waals surface area contributed by atoms with E-state index in [9.17, 15) is 0 Å². The second kappa shape index (κ2) is 5.68. The van der Waals surface area contributed by atoms with E-state index in [1.165, 1.54) is 37.2 Å². The first kappa shape index (κ1) is 14.6. The van der Waals surface area contributed by atoms with E-state index >= 15 is 0 Å². The van der Waals surface area contributed by atoms with Crippen LogP contribution in [-0.2, 0) is 0 Å². The zero-order valence-corrected chi connectivity index (χ0v) is 14.3. The molecule has 3 fully saturated rings. The Labute approximate surface area is 147 Å². The van der Waals surface area contributed by atoms with Crippen LogP contribution in [0.1, 0.15) is 24.6 Å². The molecule has 2 bridgehead atoms. The van der Waals surface area contributed by atoms with Crippen LogP contribution in [0, 0.1) is 5.92 Å². The van der Waals surface area contributed by atoms with Crippen molar-refractivity contribution in [3.05, 3.63) is 59.1 Å². The minimum Gasteiger partial charge on any atom is -0.464 e. The SMILES string of the molecule is Clc1ccc2c(c1)OC(c1ccccc1)N2C1CN2CCC1CC2. The maximum atomic E-state index is 6.37. The van der Waals surface area contributed by atoms with Gasteiger partial charge in [0.1, 0.15) is 5.75 Å². The van der Waals surface area contributed by atoms with Gasteiger partial charge in [-0.15, -0.1) is 0 Å². The third-order valence-corrected chi connectivity index (χ3v) is 5.99. The number of hydrogen-bond acceptors (Lipinski definition) is 3. The Bertz CT molecular complexity index is 743. The smallest absolute Gasteiger partial charge is 0.199 e. The molecule has 2 aromatic carbocycles. The Morgan fingerprint density at radius 3 is 2.50 bits per heavy atom. The molecule has 2 atom stereocenters. The first-order chi connectivity index (χ1) is 11.8.